The Bertz CT molecular complexity index is 723. The zero-order valence-corrected chi connectivity index (χ0v) is 15.5. The molecule has 1 saturated heterocycles. The summed E-state index contributed by atoms with van der Waals surface area (Å²) in [5.74, 6) is -1.65. The average molecular weight is 398 g/mol. The van der Waals surface area contributed by atoms with Gasteiger partial charge in [0.25, 0.3) is 0 Å². The number of benzene rings is 1. The second-order valence-electron chi connectivity index (χ2n) is 7.60. The van der Waals surface area contributed by atoms with Crippen LogP contribution in [0.1, 0.15) is 55.6 Å². The normalized spacial score (nSPS) is 26.3. The maximum Gasteiger partial charge on any atom is 0.416 e. The van der Waals surface area contributed by atoms with Gasteiger partial charge in [0, 0.05) is 12.6 Å². The van der Waals surface area contributed by atoms with Crippen LogP contribution in [0.25, 0.3) is 0 Å². The van der Waals surface area contributed by atoms with Crippen LogP contribution >= 0.6 is 0 Å². The lowest BCUT2D eigenvalue weighted by molar-refractivity contribution is -0.145. The first kappa shape index (κ1) is 20.6. The van der Waals surface area contributed by atoms with E-state index in [-0.39, 0.29) is 30.0 Å². The Hall–Kier alpha value is -2.09. The lowest BCUT2D eigenvalue weighted by atomic mass is 9.89. The van der Waals surface area contributed by atoms with Crippen molar-refractivity contribution < 1.29 is 27.9 Å². The van der Waals surface area contributed by atoms with Gasteiger partial charge in [-0.1, -0.05) is 24.6 Å². The van der Waals surface area contributed by atoms with Gasteiger partial charge < -0.3 is 15.3 Å². The Labute approximate surface area is 161 Å². The molecule has 1 heterocycles. The quantitative estimate of drug-likeness (QED) is 0.798. The van der Waals surface area contributed by atoms with Crippen molar-refractivity contribution in [2.24, 2.45) is 0 Å². The molecule has 3 unspecified atom stereocenters. The van der Waals surface area contributed by atoms with Crippen molar-refractivity contribution in [1.82, 2.24) is 10.2 Å². The Kier molecular flexibility index (Phi) is 6.27. The molecule has 0 spiro atoms. The Balaban J connectivity index is 1.78. The molecule has 8 heteroatoms. The summed E-state index contributed by atoms with van der Waals surface area (Å²) >= 11 is 0. The minimum Gasteiger partial charge on any atom is -0.480 e. The highest BCUT2D eigenvalue weighted by molar-refractivity contribution is 5.85. The van der Waals surface area contributed by atoms with E-state index in [0.717, 1.165) is 25.3 Å². The van der Waals surface area contributed by atoms with E-state index >= 15 is 0 Å². The van der Waals surface area contributed by atoms with Gasteiger partial charge in [-0.05, 0) is 49.7 Å². The number of carbonyl (C=O) groups is 2. The second-order valence-corrected chi connectivity index (χ2v) is 7.60. The summed E-state index contributed by atoms with van der Waals surface area (Å²) < 4.78 is 40.3. The topological polar surface area (TPSA) is 69.6 Å². The second kappa shape index (κ2) is 8.51. The zero-order valence-electron chi connectivity index (χ0n) is 15.5. The molecule has 0 aromatic heterocycles. The molecule has 1 aromatic carbocycles. The van der Waals surface area contributed by atoms with Crippen molar-refractivity contribution in [3.8, 4) is 0 Å². The molecule has 3 rings (SSSR count). The van der Waals surface area contributed by atoms with Crippen LogP contribution in [0.5, 0.6) is 0 Å². The summed E-state index contributed by atoms with van der Waals surface area (Å²) in [6, 6.07) is 4.86. The van der Waals surface area contributed by atoms with E-state index in [1.807, 2.05) is 0 Å². The molecule has 28 heavy (non-hydrogen) atoms. The maximum absolute atomic E-state index is 13.4. The third-order valence-corrected chi connectivity index (χ3v) is 5.70. The van der Waals surface area contributed by atoms with Crippen molar-refractivity contribution in [3.63, 3.8) is 0 Å². The number of carboxylic acids is 1. The molecular weight excluding hydrogens is 373 g/mol. The van der Waals surface area contributed by atoms with Crippen LogP contribution in [0.4, 0.5) is 13.2 Å². The van der Waals surface area contributed by atoms with Gasteiger partial charge in [-0.3, -0.25) is 9.59 Å². The lowest BCUT2D eigenvalue weighted by Crippen LogP contribution is -2.50. The number of likely N-dealkylation sites (tertiary alicyclic amines) is 1. The van der Waals surface area contributed by atoms with Crippen LogP contribution in [0.2, 0.25) is 0 Å². The van der Waals surface area contributed by atoms with E-state index in [2.05, 4.69) is 5.32 Å². The van der Waals surface area contributed by atoms with Crippen LogP contribution in [0.3, 0.4) is 0 Å². The molecule has 0 bridgehead atoms. The number of nitrogens with zero attached hydrogens (tertiary/aromatic N) is 1. The van der Waals surface area contributed by atoms with Crippen LogP contribution in [-0.4, -0.2) is 47.1 Å². The van der Waals surface area contributed by atoms with Gasteiger partial charge in [0.2, 0.25) is 5.91 Å². The molecule has 1 amide bonds. The summed E-state index contributed by atoms with van der Waals surface area (Å²) in [7, 11) is 0. The van der Waals surface area contributed by atoms with E-state index in [1.165, 1.54) is 17.0 Å². The molecule has 2 N–H and O–H groups in total. The first-order valence-corrected chi connectivity index (χ1v) is 9.70. The highest BCUT2D eigenvalue weighted by atomic mass is 19.4. The fourth-order valence-corrected chi connectivity index (χ4v) is 4.45. The zero-order chi connectivity index (χ0) is 20.3. The lowest BCUT2D eigenvalue weighted by Gasteiger charge is -2.29. The van der Waals surface area contributed by atoms with Gasteiger partial charge in [-0.25, -0.2) is 0 Å². The van der Waals surface area contributed by atoms with Gasteiger partial charge in [0.15, 0.2) is 0 Å². The smallest absolute Gasteiger partial charge is 0.416 e. The third-order valence-electron chi connectivity index (χ3n) is 5.70. The standard InChI is InChI=1S/C20H25F3N2O3/c21-20(22,23)15-8-2-1-6-13(15)14-7-5-10-16(14)24-17-9-3-4-11-25(19(17)28)12-18(26)27/h1-2,6,8,14,16-17,24H,3-5,7,9-12H2,(H,26,27). The van der Waals surface area contributed by atoms with Gasteiger partial charge in [-0.2, -0.15) is 13.2 Å². The van der Waals surface area contributed by atoms with Gasteiger partial charge in [0.05, 0.1) is 11.6 Å². The summed E-state index contributed by atoms with van der Waals surface area (Å²) in [6.45, 7) is 0.0519. The average Bonchev–Trinajstić information content (AvgIpc) is 3.02. The number of rotatable bonds is 5. The van der Waals surface area contributed by atoms with E-state index in [0.29, 0.717) is 25.8 Å². The molecule has 2 fully saturated rings. The first-order valence-electron chi connectivity index (χ1n) is 9.70. The molecule has 154 valence electrons. The number of nitrogens with one attached hydrogen (secondary N) is 1. The molecule has 0 radical (unpaired) electrons. The number of carboxylic acid groups (broad SMARTS) is 1. The number of amides is 1. The Morgan fingerprint density at radius 3 is 2.61 bits per heavy atom. The highest BCUT2D eigenvalue weighted by Gasteiger charge is 2.40. The number of halogens is 3. The van der Waals surface area contributed by atoms with E-state index in [4.69, 9.17) is 5.11 Å². The number of hydrogen-bond donors (Lipinski definition) is 2. The van der Waals surface area contributed by atoms with Crippen molar-refractivity contribution in [2.45, 2.75) is 62.7 Å². The molecule has 1 aliphatic heterocycles. The summed E-state index contributed by atoms with van der Waals surface area (Å²) in [5, 5.41) is 12.3. The predicted molar refractivity (Wildman–Crippen MR) is 96.8 cm³/mol. The Morgan fingerprint density at radius 1 is 1.14 bits per heavy atom. The summed E-state index contributed by atoms with van der Waals surface area (Å²) in [5.41, 5.74) is -0.346. The number of aliphatic carboxylic acids is 1. The largest absolute Gasteiger partial charge is 0.480 e. The van der Waals surface area contributed by atoms with Gasteiger partial charge >= 0.3 is 12.1 Å². The van der Waals surface area contributed by atoms with Gasteiger partial charge in [0.1, 0.15) is 6.54 Å². The van der Waals surface area contributed by atoms with Crippen molar-refractivity contribution in [1.29, 1.82) is 0 Å². The summed E-state index contributed by atoms with van der Waals surface area (Å²) in [4.78, 5) is 25.1. The third kappa shape index (κ3) is 4.66. The maximum atomic E-state index is 13.4. The minimum absolute atomic E-state index is 0.234. The molecular formula is C20H25F3N2O3. The monoisotopic (exact) mass is 398 g/mol. The molecule has 1 aromatic rings. The fourth-order valence-electron chi connectivity index (χ4n) is 4.45. The molecule has 3 atom stereocenters. The van der Waals surface area contributed by atoms with Crippen LogP contribution < -0.4 is 5.32 Å². The Morgan fingerprint density at radius 2 is 1.89 bits per heavy atom. The van der Waals surface area contributed by atoms with Crippen LogP contribution in [0.15, 0.2) is 24.3 Å². The van der Waals surface area contributed by atoms with E-state index in [1.54, 1.807) is 6.07 Å². The van der Waals surface area contributed by atoms with Crippen LogP contribution in [-0.2, 0) is 15.8 Å². The molecule has 5 nitrogen and oxygen atoms in total. The van der Waals surface area contributed by atoms with E-state index < -0.39 is 23.8 Å². The van der Waals surface area contributed by atoms with Gasteiger partial charge in [-0.15, -0.1) is 0 Å². The minimum atomic E-state index is -4.42. The van der Waals surface area contributed by atoms with E-state index in [9.17, 15) is 22.8 Å². The first-order chi connectivity index (χ1) is 13.3. The van der Waals surface area contributed by atoms with Crippen molar-refractivity contribution >= 4 is 11.9 Å². The number of alkyl halides is 3. The predicted octanol–water partition coefficient (Wildman–Crippen LogP) is 3.40. The molecule has 1 saturated carbocycles. The molecule has 2 aliphatic rings. The number of hydrogen-bond acceptors (Lipinski definition) is 3. The molecule has 1 aliphatic carbocycles. The fraction of sp³-hybridized carbons (Fsp3) is 0.600. The number of carbonyl (C=O) groups excluding carboxylic acids is 1. The highest BCUT2D eigenvalue weighted by Crippen LogP contribution is 2.41. The van der Waals surface area contributed by atoms with Crippen LogP contribution in [0, 0.1) is 0 Å². The van der Waals surface area contributed by atoms with Crippen molar-refractivity contribution in [3.05, 3.63) is 35.4 Å². The SMILES string of the molecule is O=C(O)CN1CCCCC(NC2CCCC2c2ccccc2C(F)(F)F)C1=O. The van der Waals surface area contributed by atoms with Crippen molar-refractivity contribution in [2.75, 3.05) is 13.1 Å². The summed E-state index contributed by atoms with van der Waals surface area (Å²) in [6.07, 6.45) is -0.240.